The zero-order valence-electron chi connectivity index (χ0n) is 11.1. The van der Waals surface area contributed by atoms with Gasteiger partial charge in [0.25, 0.3) is 0 Å². The summed E-state index contributed by atoms with van der Waals surface area (Å²) in [5, 5.41) is 3.14. The average Bonchev–Trinajstić information content (AvgIpc) is 2.23. The normalized spacial score (nSPS) is 17.6. The minimum absolute atomic E-state index is 0.0711. The SMILES string of the molecule is C=C/C=C(/CNC1CN(C(=O)C(F)(F)F)C1)C(C)C. The third kappa shape index (κ3) is 4.38. The number of hydrogen-bond acceptors (Lipinski definition) is 2. The van der Waals surface area contributed by atoms with Crippen molar-refractivity contribution in [2.75, 3.05) is 19.6 Å². The Bertz CT molecular complexity index is 369. The smallest absolute Gasteiger partial charge is 0.332 e. The van der Waals surface area contributed by atoms with Gasteiger partial charge in [-0.15, -0.1) is 0 Å². The summed E-state index contributed by atoms with van der Waals surface area (Å²) >= 11 is 0. The number of likely N-dealkylation sites (tertiary alicyclic amines) is 1. The second-order valence-electron chi connectivity index (χ2n) is 4.92. The molecule has 0 aromatic rings. The zero-order chi connectivity index (χ0) is 14.6. The number of carbonyl (C=O) groups is 1. The minimum atomic E-state index is -4.77. The molecule has 1 saturated heterocycles. The van der Waals surface area contributed by atoms with Gasteiger partial charge >= 0.3 is 12.1 Å². The molecule has 1 amide bonds. The van der Waals surface area contributed by atoms with Crippen LogP contribution < -0.4 is 5.32 Å². The van der Waals surface area contributed by atoms with Gasteiger partial charge in [0.1, 0.15) is 0 Å². The lowest BCUT2D eigenvalue weighted by atomic mass is 10.0. The summed E-state index contributed by atoms with van der Waals surface area (Å²) in [4.78, 5) is 11.7. The van der Waals surface area contributed by atoms with Gasteiger partial charge < -0.3 is 10.2 Å². The van der Waals surface area contributed by atoms with E-state index in [1.54, 1.807) is 6.08 Å². The average molecular weight is 276 g/mol. The molecule has 3 nitrogen and oxygen atoms in total. The Labute approximate surface area is 111 Å². The van der Waals surface area contributed by atoms with E-state index >= 15 is 0 Å². The van der Waals surface area contributed by atoms with Crippen molar-refractivity contribution >= 4 is 5.91 Å². The highest BCUT2D eigenvalue weighted by molar-refractivity contribution is 5.82. The maximum Gasteiger partial charge on any atom is 0.471 e. The van der Waals surface area contributed by atoms with Gasteiger partial charge in [-0.05, 0) is 5.92 Å². The number of nitrogens with one attached hydrogen (secondary N) is 1. The van der Waals surface area contributed by atoms with E-state index < -0.39 is 12.1 Å². The van der Waals surface area contributed by atoms with Gasteiger partial charge in [-0.25, -0.2) is 0 Å². The highest BCUT2D eigenvalue weighted by Crippen LogP contribution is 2.22. The van der Waals surface area contributed by atoms with Crippen LogP contribution in [0.15, 0.2) is 24.3 Å². The summed E-state index contributed by atoms with van der Waals surface area (Å²) < 4.78 is 36.4. The van der Waals surface area contributed by atoms with Crippen molar-refractivity contribution in [3.05, 3.63) is 24.3 Å². The molecule has 108 valence electrons. The van der Waals surface area contributed by atoms with Gasteiger partial charge in [0, 0.05) is 25.7 Å². The topological polar surface area (TPSA) is 32.3 Å². The molecule has 0 radical (unpaired) electrons. The van der Waals surface area contributed by atoms with E-state index in [1.807, 2.05) is 19.9 Å². The molecule has 0 aliphatic carbocycles. The van der Waals surface area contributed by atoms with Gasteiger partial charge in [-0.2, -0.15) is 13.2 Å². The second-order valence-corrected chi connectivity index (χ2v) is 4.92. The van der Waals surface area contributed by atoms with Crippen molar-refractivity contribution in [2.24, 2.45) is 5.92 Å². The van der Waals surface area contributed by atoms with Crippen molar-refractivity contribution < 1.29 is 18.0 Å². The fourth-order valence-corrected chi connectivity index (χ4v) is 1.82. The van der Waals surface area contributed by atoms with Crippen LogP contribution in [-0.4, -0.2) is 42.7 Å². The van der Waals surface area contributed by atoms with Crippen LogP contribution in [0.4, 0.5) is 13.2 Å². The molecule has 1 fully saturated rings. The molecule has 1 rings (SSSR count). The first-order valence-electron chi connectivity index (χ1n) is 6.16. The lowest BCUT2D eigenvalue weighted by Crippen LogP contribution is -2.62. The highest BCUT2D eigenvalue weighted by atomic mass is 19.4. The Morgan fingerprint density at radius 1 is 1.47 bits per heavy atom. The maximum atomic E-state index is 12.1. The third-order valence-electron chi connectivity index (χ3n) is 3.08. The quantitative estimate of drug-likeness (QED) is 0.780. The van der Waals surface area contributed by atoms with E-state index in [1.165, 1.54) is 0 Å². The standard InChI is InChI=1S/C13H19F3N2O/c1-4-5-10(9(2)3)6-17-11-7-18(8-11)12(19)13(14,15)16/h4-5,9,11,17H,1,6-8H2,2-3H3/b10-5-. The van der Waals surface area contributed by atoms with Gasteiger partial charge in [0.2, 0.25) is 0 Å². The van der Waals surface area contributed by atoms with E-state index in [-0.39, 0.29) is 19.1 Å². The van der Waals surface area contributed by atoms with Crippen molar-refractivity contribution in [3.8, 4) is 0 Å². The Morgan fingerprint density at radius 2 is 2.05 bits per heavy atom. The second kappa shape index (κ2) is 6.23. The summed E-state index contributed by atoms with van der Waals surface area (Å²) in [7, 11) is 0. The van der Waals surface area contributed by atoms with Gasteiger partial charge in [0.05, 0.1) is 0 Å². The molecule has 0 spiro atoms. The number of hydrogen-bond donors (Lipinski definition) is 1. The maximum absolute atomic E-state index is 12.1. The highest BCUT2D eigenvalue weighted by Gasteiger charge is 2.46. The van der Waals surface area contributed by atoms with Crippen molar-refractivity contribution in [1.29, 1.82) is 0 Å². The van der Waals surface area contributed by atoms with E-state index in [9.17, 15) is 18.0 Å². The molecule has 1 aliphatic heterocycles. The molecular weight excluding hydrogens is 257 g/mol. The monoisotopic (exact) mass is 276 g/mol. The predicted octanol–water partition coefficient (Wildman–Crippen LogP) is 2.12. The molecule has 0 unspecified atom stereocenters. The van der Waals surface area contributed by atoms with Crippen molar-refractivity contribution in [3.63, 3.8) is 0 Å². The Balaban J connectivity index is 2.35. The van der Waals surface area contributed by atoms with Crippen LogP contribution in [0, 0.1) is 5.92 Å². The largest absolute Gasteiger partial charge is 0.471 e. The first kappa shape index (κ1) is 15.8. The molecule has 1 N–H and O–H groups in total. The molecule has 6 heteroatoms. The molecular formula is C13H19F3N2O. The number of halogens is 3. The number of amides is 1. The Morgan fingerprint density at radius 3 is 2.47 bits per heavy atom. The molecule has 1 aliphatic rings. The molecule has 0 bridgehead atoms. The summed E-state index contributed by atoms with van der Waals surface area (Å²) in [6.07, 6.45) is -1.18. The fourth-order valence-electron chi connectivity index (χ4n) is 1.82. The Kier molecular flexibility index (Phi) is 5.17. The van der Waals surface area contributed by atoms with E-state index in [2.05, 4.69) is 11.9 Å². The third-order valence-corrected chi connectivity index (χ3v) is 3.08. The minimum Gasteiger partial charge on any atom is -0.332 e. The van der Waals surface area contributed by atoms with Crippen LogP contribution in [0.25, 0.3) is 0 Å². The van der Waals surface area contributed by atoms with Crippen LogP contribution in [0.1, 0.15) is 13.8 Å². The summed E-state index contributed by atoms with van der Waals surface area (Å²) in [5.74, 6) is -1.41. The van der Waals surface area contributed by atoms with E-state index in [0.717, 1.165) is 10.5 Å². The molecule has 0 atom stereocenters. The number of carbonyl (C=O) groups excluding carboxylic acids is 1. The number of nitrogens with zero attached hydrogens (tertiary/aromatic N) is 1. The first-order valence-corrected chi connectivity index (χ1v) is 6.16. The van der Waals surface area contributed by atoms with Crippen LogP contribution in [0.2, 0.25) is 0 Å². The first-order chi connectivity index (χ1) is 8.75. The summed E-state index contributed by atoms with van der Waals surface area (Å²) in [6.45, 7) is 8.52. The van der Waals surface area contributed by atoms with Crippen molar-refractivity contribution in [1.82, 2.24) is 10.2 Å². The van der Waals surface area contributed by atoms with Crippen molar-refractivity contribution in [2.45, 2.75) is 26.1 Å². The van der Waals surface area contributed by atoms with Crippen LogP contribution in [0.5, 0.6) is 0 Å². The molecule has 19 heavy (non-hydrogen) atoms. The summed E-state index contributed by atoms with van der Waals surface area (Å²) in [5.41, 5.74) is 1.13. The lowest BCUT2D eigenvalue weighted by Gasteiger charge is -2.40. The molecule has 0 aromatic heterocycles. The molecule has 1 heterocycles. The van der Waals surface area contributed by atoms with Crippen LogP contribution in [-0.2, 0) is 4.79 Å². The van der Waals surface area contributed by atoms with Gasteiger partial charge in [-0.1, -0.05) is 38.2 Å². The fraction of sp³-hybridized carbons (Fsp3) is 0.615. The van der Waals surface area contributed by atoms with Gasteiger partial charge in [-0.3, -0.25) is 4.79 Å². The van der Waals surface area contributed by atoms with Crippen LogP contribution >= 0.6 is 0 Å². The van der Waals surface area contributed by atoms with E-state index in [0.29, 0.717) is 12.5 Å². The lowest BCUT2D eigenvalue weighted by molar-refractivity contribution is -0.190. The number of alkyl halides is 3. The van der Waals surface area contributed by atoms with Crippen LogP contribution in [0.3, 0.4) is 0 Å². The van der Waals surface area contributed by atoms with Gasteiger partial charge in [0.15, 0.2) is 0 Å². The predicted molar refractivity (Wildman–Crippen MR) is 67.5 cm³/mol. The number of rotatable bonds is 5. The molecule has 0 saturated carbocycles. The Hall–Kier alpha value is -1.30. The zero-order valence-corrected chi connectivity index (χ0v) is 11.1. The summed E-state index contributed by atoms with van der Waals surface area (Å²) in [6, 6.07) is -0.0711. The van der Waals surface area contributed by atoms with E-state index in [4.69, 9.17) is 0 Å². The number of allylic oxidation sites excluding steroid dienone is 2. The molecule has 0 aromatic carbocycles.